The summed E-state index contributed by atoms with van der Waals surface area (Å²) in [4.78, 5) is 0. The highest BCUT2D eigenvalue weighted by Gasteiger charge is 2.72. The predicted octanol–water partition coefficient (Wildman–Crippen LogP) is 6.03. The first kappa shape index (κ1) is 23.1. The van der Waals surface area contributed by atoms with E-state index in [0.717, 1.165) is 11.1 Å². The lowest BCUT2D eigenvalue weighted by Gasteiger charge is -2.67. The highest BCUT2D eigenvalue weighted by Crippen LogP contribution is 2.55. The molecule has 2 aromatic carbocycles. The molecular formula is C25H34OSi4. The van der Waals surface area contributed by atoms with Crippen LogP contribution < -0.4 is 0 Å². The van der Waals surface area contributed by atoms with Crippen LogP contribution in [0, 0.1) is 24.7 Å². The molecular weight excluding hydrogens is 429 g/mol. The van der Waals surface area contributed by atoms with Crippen molar-refractivity contribution in [2.45, 2.75) is 57.6 Å². The highest BCUT2D eigenvalue weighted by molar-refractivity contribution is 7.83. The molecule has 3 rings (SSSR count). The molecule has 0 spiro atoms. The van der Waals surface area contributed by atoms with Crippen molar-refractivity contribution in [1.82, 2.24) is 0 Å². The van der Waals surface area contributed by atoms with Gasteiger partial charge >= 0.3 is 0 Å². The summed E-state index contributed by atoms with van der Waals surface area (Å²) in [7, 11) is -6.99. The van der Waals surface area contributed by atoms with Gasteiger partial charge in [0.2, 0.25) is 0 Å². The number of benzene rings is 2. The van der Waals surface area contributed by atoms with Crippen molar-refractivity contribution in [2.75, 3.05) is 0 Å². The van der Waals surface area contributed by atoms with Crippen LogP contribution in [0.25, 0.3) is 0 Å². The van der Waals surface area contributed by atoms with Gasteiger partial charge in [-0.25, -0.2) is 0 Å². The van der Waals surface area contributed by atoms with E-state index in [-0.39, 0.29) is 5.22 Å². The van der Waals surface area contributed by atoms with Crippen LogP contribution in [0.3, 0.4) is 0 Å². The molecule has 0 bridgehead atoms. The Bertz CT molecular complexity index is 975. The summed E-state index contributed by atoms with van der Waals surface area (Å²) in [6.07, 6.45) is 11.3. The first-order valence-electron chi connectivity index (χ1n) is 10.6. The lowest BCUT2D eigenvalue weighted by Crippen LogP contribution is -2.90. The second-order valence-corrected chi connectivity index (χ2v) is 49.7. The minimum absolute atomic E-state index is 0.374. The van der Waals surface area contributed by atoms with Crippen LogP contribution in [0.4, 0.5) is 0 Å². The third-order valence-electron chi connectivity index (χ3n) is 8.83. The van der Waals surface area contributed by atoms with Gasteiger partial charge in [-0.2, -0.15) is 0 Å². The summed E-state index contributed by atoms with van der Waals surface area (Å²) in [5.41, 5.74) is 4.35. The molecule has 0 amide bonds. The van der Waals surface area contributed by atoms with Gasteiger partial charge < -0.3 is 4.43 Å². The van der Waals surface area contributed by atoms with E-state index < -0.39 is 29.6 Å². The topological polar surface area (TPSA) is 9.23 Å². The maximum absolute atomic E-state index is 7.54. The smallest absolute Gasteiger partial charge is 0.172 e. The molecule has 0 aliphatic carbocycles. The Balaban J connectivity index is 2.41. The summed E-state index contributed by atoms with van der Waals surface area (Å²) in [6.45, 7) is 20.7. The number of hydrogen-bond acceptors (Lipinski definition) is 1. The molecule has 0 radical (unpaired) electrons. The fourth-order valence-corrected chi connectivity index (χ4v) is 74.9. The first-order valence-corrected chi connectivity index (χ1v) is 25.5. The quantitative estimate of drug-likeness (QED) is 0.391. The van der Waals surface area contributed by atoms with Crippen LogP contribution >= 0.6 is 0 Å². The lowest BCUT2D eigenvalue weighted by atomic mass is 9.98. The molecule has 1 aliphatic rings. The van der Waals surface area contributed by atoms with Crippen LogP contribution in [0.2, 0.25) is 52.4 Å². The summed E-state index contributed by atoms with van der Waals surface area (Å²) in [5.74, 6) is 5.53. The largest absolute Gasteiger partial charge is 0.410 e. The van der Waals surface area contributed by atoms with Gasteiger partial charge in [0.05, 0.1) is 19.9 Å². The SMILES string of the molecule is C#Cc1ccc(C2(c3ccc(C#C)cc3)O[Si](C)(C)[Si](C)(C)[Si](C)(C)[Si]2(C)C)cc1. The summed E-state index contributed by atoms with van der Waals surface area (Å²) >= 11 is 0. The Morgan fingerprint density at radius 1 is 0.633 bits per heavy atom. The van der Waals surface area contributed by atoms with Gasteiger partial charge in [-0.05, 0) is 48.5 Å². The summed E-state index contributed by atoms with van der Waals surface area (Å²) in [5, 5.41) is -0.374. The predicted molar refractivity (Wildman–Crippen MR) is 141 cm³/mol. The Labute approximate surface area is 186 Å². The zero-order valence-corrected chi connectivity index (χ0v) is 23.7. The van der Waals surface area contributed by atoms with E-state index in [0.29, 0.717) is 0 Å². The van der Waals surface area contributed by atoms with Crippen molar-refractivity contribution >= 4 is 29.6 Å². The summed E-state index contributed by atoms with van der Waals surface area (Å²) in [6, 6.07) is 17.1. The molecule has 5 heteroatoms. The molecule has 1 nitrogen and oxygen atoms in total. The van der Waals surface area contributed by atoms with E-state index in [2.05, 4.69) is 113 Å². The van der Waals surface area contributed by atoms with Crippen LogP contribution in [0.5, 0.6) is 0 Å². The highest BCUT2D eigenvalue weighted by atomic mass is 29.8. The number of rotatable bonds is 2. The van der Waals surface area contributed by atoms with Crippen molar-refractivity contribution in [3.63, 3.8) is 0 Å². The van der Waals surface area contributed by atoms with Crippen LogP contribution in [0.15, 0.2) is 48.5 Å². The standard InChI is InChI=1S/C25H34OSi4/c1-11-21-13-17-23(18-14-21)25(24-19-15-22(12-2)16-20-24)26-28(5,6)30(9,10)29(7,8)27(25,3)4/h1-2,13-20H,3-10H3. The van der Waals surface area contributed by atoms with E-state index >= 15 is 0 Å². The Hall–Kier alpha value is -1.61. The van der Waals surface area contributed by atoms with Crippen LogP contribution in [0.1, 0.15) is 22.3 Å². The Morgan fingerprint density at radius 3 is 1.33 bits per heavy atom. The van der Waals surface area contributed by atoms with E-state index in [4.69, 9.17) is 17.3 Å². The molecule has 2 aromatic rings. The Morgan fingerprint density at radius 2 is 1.00 bits per heavy atom. The average molecular weight is 463 g/mol. The molecule has 1 fully saturated rings. The number of hydrogen-bond donors (Lipinski definition) is 0. The van der Waals surface area contributed by atoms with Crippen molar-refractivity contribution in [3.05, 3.63) is 70.8 Å². The molecule has 0 aromatic heterocycles. The Kier molecular flexibility index (Phi) is 5.55. The van der Waals surface area contributed by atoms with E-state index in [1.165, 1.54) is 11.1 Å². The van der Waals surface area contributed by atoms with E-state index in [9.17, 15) is 0 Å². The molecule has 0 unspecified atom stereocenters. The second-order valence-electron chi connectivity index (χ2n) is 10.6. The van der Waals surface area contributed by atoms with Crippen LogP contribution in [-0.4, -0.2) is 29.6 Å². The third kappa shape index (κ3) is 2.91. The maximum Gasteiger partial charge on any atom is 0.172 e. The zero-order chi connectivity index (χ0) is 22.6. The van der Waals surface area contributed by atoms with Gasteiger partial charge in [-0.1, -0.05) is 75.4 Å². The molecule has 1 heterocycles. The minimum atomic E-state index is -1.95. The molecule has 156 valence electrons. The molecule has 1 aliphatic heterocycles. The zero-order valence-electron chi connectivity index (χ0n) is 19.7. The van der Waals surface area contributed by atoms with Crippen molar-refractivity contribution in [1.29, 1.82) is 0 Å². The number of terminal acetylenes is 2. The van der Waals surface area contributed by atoms with Crippen molar-refractivity contribution in [3.8, 4) is 24.7 Å². The van der Waals surface area contributed by atoms with Gasteiger partial charge in [-0.15, -0.1) is 12.8 Å². The third-order valence-corrected chi connectivity index (χ3v) is 75.2. The first-order chi connectivity index (χ1) is 13.8. The maximum atomic E-state index is 7.54. The van der Waals surface area contributed by atoms with Gasteiger partial charge in [0, 0.05) is 18.2 Å². The van der Waals surface area contributed by atoms with Gasteiger partial charge in [0.1, 0.15) is 0 Å². The van der Waals surface area contributed by atoms with E-state index in [1.807, 2.05) is 0 Å². The minimum Gasteiger partial charge on any atom is -0.410 e. The van der Waals surface area contributed by atoms with Gasteiger partial charge in [-0.3, -0.25) is 0 Å². The monoisotopic (exact) mass is 462 g/mol. The lowest BCUT2D eigenvalue weighted by molar-refractivity contribution is 0.185. The molecule has 0 saturated carbocycles. The molecule has 0 atom stereocenters. The van der Waals surface area contributed by atoms with Gasteiger partial charge in [0.15, 0.2) is 7.83 Å². The molecule has 1 saturated heterocycles. The summed E-state index contributed by atoms with van der Waals surface area (Å²) < 4.78 is 7.54. The van der Waals surface area contributed by atoms with Crippen molar-refractivity contribution < 1.29 is 4.43 Å². The molecule has 0 N–H and O–H groups in total. The van der Waals surface area contributed by atoms with Crippen LogP contribution in [-0.2, 0) is 9.65 Å². The molecule has 30 heavy (non-hydrogen) atoms. The fourth-order valence-electron chi connectivity index (χ4n) is 5.22. The average Bonchev–Trinajstić information content (AvgIpc) is 2.71. The van der Waals surface area contributed by atoms with E-state index in [1.54, 1.807) is 0 Å². The fraction of sp³-hybridized carbons (Fsp3) is 0.360. The second kappa shape index (κ2) is 7.22. The normalized spacial score (nSPS) is 22.5. The van der Waals surface area contributed by atoms with Gasteiger partial charge in [0.25, 0.3) is 0 Å². The van der Waals surface area contributed by atoms with Crippen molar-refractivity contribution in [2.24, 2.45) is 0 Å².